The molecule has 3 heteroatoms. The molecule has 2 unspecified atom stereocenters. The smallest absolute Gasteiger partial charge is 0.0673 e. The molecule has 1 saturated heterocycles. The molecule has 0 bridgehead atoms. The van der Waals surface area contributed by atoms with Crippen LogP contribution in [0.15, 0.2) is 18.3 Å². The Labute approximate surface area is 110 Å². The third kappa shape index (κ3) is 3.09. The SMILES string of the molecule is CCCN1CCCCC(N)C1c1ccc(C)cn1. The lowest BCUT2D eigenvalue weighted by Gasteiger charge is -2.32. The van der Waals surface area contributed by atoms with Crippen LogP contribution in [0.25, 0.3) is 0 Å². The summed E-state index contributed by atoms with van der Waals surface area (Å²) in [7, 11) is 0. The van der Waals surface area contributed by atoms with E-state index in [1.54, 1.807) is 0 Å². The Bertz CT molecular complexity index is 361. The summed E-state index contributed by atoms with van der Waals surface area (Å²) in [6.07, 6.45) is 6.74. The zero-order valence-corrected chi connectivity index (χ0v) is 11.6. The predicted molar refractivity (Wildman–Crippen MR) is 75.4 cm³/mol. The van der Waals surface area contributed by atoms with Gasteiger partial charge in [0.15, 0.2) is 0 Å². The number of rotatable bonds is 3. The van der Waals surface area contributed by atoms with Gasteiger partial charge in [-0.3, -0.25) is 9.88 Å². The molecule has 3 nitrogen and oxygen atoms in total. The molecule has 1 fully saturated rings. The molecule has 0 spiro atoms. The Kier molecular flexibility index (Phi) is 4.72. The normalized spacial score (nSPS) is 25.9. The number of hydrogen-bond donors (Lipinski definition) is 1. The van der Waals surface area contributed by atoms with Crippen LogP contribution in [0, 0.1) is 6.92 Å². The second-order valence-corrected chi connectivity index (χ2v) is 5.40. The third-order valence-corrected chi connectivity index (χ3v) is 3.78. The van der Waals surface area contributed by atoms with Crippen molar-refractivity contribution in [1.82, 2.24) is 9.88 Å². The number of hydrogen-bond acceptors (Lipinski definition) is 3. The minimum absolute atomic E-state index is 0.217. The largest absolute Gasteiger partial charge is 0.326 e. The van der Waals surface area contributed by atoms with Gasteiger partial charge in [-0.1, -0.05) is 19.4 Å². The molecule has 0 aliphatic carbocycles. The van der Waals surface area contributed by atoms with Crippen molar-refractivity contribution in [2.75, 3.05) is 13.1 Å². The Hall–Kier alpha value is -0.930. The number of nitrogens with zero attached hydrogens (tertiary/aromatic N) is 2. The molecule has 0 aromatic carbocycles. The van der Waals surface area contributed by atoms with Gasteiger partial charge < -0.3 is 5.73 Å². The molecule has 0 radical (unpaired) electrons. The fourth-order valence-electron chi connectivity index (χ4n) is 2.86. The van der Waals surface area contributed by atoms with E-state index in [2.05, 4.69) is 35.9 Å². The standard InChI is InChI=1S/C15H25N3/c1-3-9-18-10-5-4-6-13(16)15(18)14-8-7-12(2)11-17-14/h7-8,11,13,15H,3-6,9-10,16H2,1-2H3. The summed E-state index contributed by atoms with van der Waals surface area (Å²) in [6.45, 7) is 6.58. The fourth-order valence-corrected chi connectivity index (χ4v) is 2.86. The van der Waals surface area contributed by atoms with Crippen LogP contribution >= 0.6 is 0 Å². The average molecular weight is 247 g/mol. The summed E-state index contributed by atoms with van der Waals surface area (Å²) in [4.78, 5) is 7.13. The van der Waals surface area contributed by atoms with Gasteiger partial charge in [-0.15, -0.1) is 0 Å². The van der Waals surface area contributed by atoms with Gasteiger partial charge >= 0.3 is 0 Å². The van der Waals surface area contributed by atoms with E-state index < -0.39 is 0 Å². The van der Waals surface area contributed by atoms with E-state index in [9.17, 15) is 0 Å². The molecule has 1 aliphatic rings. The summed E-state index contributed by atoms with van der Waals surface area (Å²) in [5.41, 5.74) is 8.74. The van der Waals surface area contributed by atoms with Crippen molar-refractivity contribution in [2.45, 2.75) is 51.6 Å². The number of pyridine rings is 1. The number of nitrogens with two attached hydrogens (primary N) is 1. The van der Waals surface area contributed by atoms with Crippen LogP contribution in [0.4, 0.5) is 0 Å². The molecule has 2 atom stereocenters. The minimum Gasteiger partial charge on any atom is -0.326 e. The first-order chi connectivity index (χ1) is 8.72. The van der Waals surface area contributed by atoms with Gasteiger partial charge in [0, 0.05) is 12.2 Å². The van der Waals surface area contributed by atoms with Crippen LogP contribution in [-0.4, -0.2) is 29.0 Å². The highest BCUT2D eigenvalue weighted by Gasteiger charge is 2.29. The van der Waals surface area contributed by atoms with Crippen LogP contribution in [-0.2, 0) is 0 Å². The molecule has 2 N–H and O–H groups in total. The van der Waals surface area contributed by atoms with Crippen molar-refractivity contribution in [2.24, 2.45) is 5.73 Å². The Morgan fingerprint density at radius 3 is 2.89 bits per heavy atom. The van der Waals surface area contributed by atoms with Gasteiger partial charge in [0.05, 0.1) is 11.7 Å². The number of aromatic nitrogens is 1. The van der Waals surface area contributed by atoms with Crippen molar-refractivity contribution in [3.63, 3.8) is 0 Å². The maximum atomic E-state index is 6.39. The van der Waals surface area contributed by atoms with Crippen molar-refractivity contribution in [3.05, 3.63) is 29.6 Å². The van der Waals surface area contributed by atoms with Gasteiger partial charge in [0.1, 0.15) is 0 Å². The number of aryl methyl sites for hydroxylation is 1. The highest BCUT2D eigenvalue weighted by atomic mass is 15.2. The van der Waals surface area contributed by atoms with E-state index in [1.165, 1.54) is 24.8 Å². The van der Waals surface area contributed by atoms with E-state index >= 15 is 0 Å². The van der Waals surface area contributed by atoms with Gasteiger partial charge in [0.2, 0.25) is 0 Å². The summed E-state index contributed by atoms with van der Waals surface area (Å²) < 4.78 is 0. The zero-order chi connectivity index (χ0) is 13.0. The molecule has 100 valence electrons. The lowest BCUT2D eigenvalue weighted by atomic mass is 10.00. The van der Waals surface area contributed by atoms with E-state index in [1.807, 2.05) is 6.20 Å². The molecular weight excluding hydrogens is 222 g/mol. The van der Waals surface area contributed by atoms with Gasteiger partial charge in [-0.05, 0) is 50.9 Å². The first kappa shape index (κ1) is 13.5. The first-order valence-electron chi connectivity index (χ1n) is 7.14. The summed E-state index contributed by atoms with van der Waals surface area (Å²) in [6, 6.07) is 4.81. The second-order valence-electron chi connectivity index (χ2n) is 5.40. The lowest BCUT2D eigenvalue weighted by molar-refractivity contribution is 0.182. The Morgan fingerprint density at radius 1 is 1.39 bits per heavy atom. The van der Waals surface area contributed by atoms with Crippen molar-refractivity contribution < 1.29 is 0 Å². The zero-order valence-electron chi connectivity index (χ0n) is 11.6. The lowest BCUT2D eigenvalue weighted by Crippen LogP contribution is -2.40. The van der Waals surface area contributed by atoms with Crippen molar-refractivity contribution >= 4 is 0 Å². The Balaban J connectivity index is 2.24. The van der Waals surface area contributed by atoms with Crippen LogP contribution in [0.1, 0.15) is 49.9 Å². The van der Waals surface area contributed by atoms with Gasteiger partial charge in [-0.2, -0.15) is 0 Å². The van der Waals surface area contributed by atoms with E-state index in [0.29, 0.717) is 6.04 Å². The molecule has 2 heterocycles. The van der Waals surface area contributed by atoms with Gasteiger partial charge in [0.25, 0.3) is 0 Å². The van der Waals surface area contributed by atoms with Crippen LogP contribution in [0.3, 0.4) is 0 Å². The molecule has 0 saturated carbocycles. The van der Waals surface area contributed by atoms with Crippen molar-refractivity contribution in [1.29, 1.82) is 0 Å². The van der Waals surface area contributed by atoms with E-state index in [4.69, 9.17) is 5.73 Å². The summed E-state index contributed by atoms with van der Waals surface area (Å²) >= 11 is 0. The van der Waals surface area contributed by atoms with E-state index in [0.717, 1.165) is 25.2 Å². The summed E-state index contributed by atoms with van der Waals surface area (Å²) in [5, 5.41) is 0. The number of likely N-dealkylation sites (tertiary alicyclic amines) is 1. The molecule has 1 aliphatic heterocycles. The maximum Gasteiger partial charge on any atom is 0.0673 e. The molecule has 1 aromatic heterocycles. The first-order valence-corrected chi connectivity index (χ1v) is 7.14. The third-order valence-electron chi connectivity index (χ3n) is 3.78. The second kappa shape index (κ2) is 6.30. The summed E-state index contributed by atoms with van der Waals surface area (Å²) in [5.74, 6) is 0. The molecule has 18 heavy (non-hydrogen) atoms. The highest BCUT2D eigenvalue weighted by Crippen LogP contribution is 2.28. The maximum absolute atomic E-state index is 6.39. The highest BCUT2D eigenvalue weighted by molar-refractivity contribution is 5.17. The van der Waals surface area contributed by atoms with Gasteiger partial charge in [-0.25, -0.2) is 0 Å². The quantitative estimate of drug-likeness (QED) is 0.893. The van der Waals surface area contributed by atoms with E-state index in [-0.39, 0.29) is 6.04 Å². The monoisotopic (exact) mass is 247 g/mol. The van der Waals surface area contributed by atoms with Crippen LogP contribution in [0.5, 0.6) is 0 Å². The average Bonchev–Trinajstić information content (AvgIpc) is 2.53. The molecule has 2 rings (SSSR count). The fraction of sp³-hybridized carbons (Fsp3) is 0.667. The molecule has 1 aromatic rings. The van der Waals surface area contributed by atoms with Crippen LogP contribution < -0.4 is 5.73 Å². The predicted octanol–water partition coefficient (Wildman–Crippen LogP) is 2.65. The Morgan fingerprint density at radius 2 is 2.22 bits per heavy atom. The molecular formula is C15H25N3. The van der Waals surface area contributed by atoms with Crippen molar-refractivity contribution in [3.8, 4) is 0 Å². The minimum atomic E-state index is 0.217. The topological polar surface area (TPSA) is 42.1 Å². The molecule has 0 amide bonds. The van der Waals surface area contributed by atoms with Crippen LogP contribution in [0.2, 0.25) is 0 Å².